The molecule has 3 heterocycles. The molecule has 0 aliphatic rings. The van der Waals surface area contributed by atoms with Gasteiger partial charge in [-0.2, -0.15) is 10.2 Å². The van der Waals surface area contributed by atoms with Crippen LogP contribution in [0.2, 0.25) is 0 Å². The molecule has 0 aliphatic carbocycles. The van der Waals surface area contributed by atoms with Crippen LogP contribution in [0.15, 0.2) is 73.3 Å². The fourth-order valence-electron chi connectivity index (χ4n) is 3.45. The van der Waals surface area contributed by atoms with Gasteiger partial charge in [-0.15, -0.1) is 0 Å². The second-order valence-corrected chi connectivity index (χ2v) is 6.72. The number of fused-ring (bicyclic) bond motifs is 2. The predicted octanol–water partition coefficient (Wildman–Crippen LogP) is 4.19. The second-order valence-electron chi connectivity index (χ2n) is 6.72. The Morgan fingerprint density at radius 2 is 1.89 bits per heavy atom. The Hall–Kier alpha value is -3.80. The van der Waals surface area contributed by atoms with Crippen molar-refractivity contribution in [3.05, 3.63) is 79.0 Å². The van der Waals surface area contributed by atoms with Crippen molar-refractivity contribution >= 4 is 27.6 Å². The molecule has 5 aromatic rings. The largest absolute Gasteiger partial charge is 0.379 e. The molecule has 0 bridgehead atoms. The Morgan fingerprint density at radius 3 is 2.79 bits per heavy atom. The first kappa shape index (κ1) is 16.4. The van der Waals surface area contributed by atoms with Crippen LogP contribution in [0.25, 0.3) is 33.1 Å². The van der Waals surface area contributed by atoms with Gasteiger partial charge in [-0.25, -0.2) is 0 Å². The number of hydrogen-bond donors (Lipinski definition) is 1. The van der Waals surface area contributed by atoms with Crippen LogP contribution >= 0.6 is 0 Å². The van der Waals surface area contributed by atoms with E-state index in [4.69, 9.17) is 0 Å². The van der Waals surface area contributed by atoms with Crippen LogP contribution in [0.5, 0.6) is 0 Å². The van der Waals surface area contributed by atoms with Crippen molar-refractivity contribution in [1.82, 2.24) is 24.7 Å². The Labute approximate surface area is 161 Å². The number of aromatic nitrogens is 5. The van der Waals surface area contributed by atoms with E-state index in [-0.39, 0.29) is 0 Å². The fourth-order valence-corrected chi connectivity index (χ4v) is 3.45. The van der Waals surface area contributed by atoms with Crippen LogP contribution in [-0.2, 0) is 13.6 Å². The number of hydrogen-bond acceptors (Lipinski definition) is 5. The first-order valence-electron chi connectivity index (χ1n) is 9.08. The van der Waals surface area contributed by atoms with E-state index in [0.29, 0.717) is 6.54 Å². The zero-order valence-corrected chi connectivity index (χ0v) is 15.4. The standard InChI is InChI=1S/C22H18N6/c1-28-10-6-15-4-5-16(11-21(15)28)19-12-18(13-20-22(19)24-9-8-23-20)25-14-17-3-2-7-26-27-17/h2-13,25H,14H2,1H3. The molecular formula is C22H18N6. The normalized spacial score (nSPS) is 11.2. The maximum atomic E-state index is 4.59. The summed E-state index contributed by atoms with van der Waals surface area (Å²) in [6.45, 7) is 0.593. The average Bonchev–Trinajstić information content (AvgIpc) is 3.12. The van der Waals surface area contributed by atoms with E-state index in [1.54, 1.807) is 18.6 Å². The monoisotopic (exact) mass is 366 g/mol. The van der Waals surface area contributed by atoms with E-state index < -0.39 is 0 Å². The van der Waals surface area contributed by atoms with Crippen molar-refractivity contribution in [3.63, 3.8) is 0 Å². The molecule has 0 amide bonds. The van der Waals surface area contributed by atoms with E-state index in [0.717, 1.165) is 33.5 Å². The summed E-state index contributed by atoms with van der Waals surface area (Å²) in [6, 6.07) is 16.6. The Kier molecular flexibility index (Phi) is 3.94. The molecule has 0 radical (unpaired) electrons. The van der Waals surface area contributed by atoms with Gasteiger partial charge in [0.05, 0.1) is 23.3 Å². The summed E-state index contributed by atoms with van der Waals surface area (Å²) < 4.78 is 2.13. The summed E-state index contributed by atoms with van der Waals surface area (Å²) in [6.07, 6.45) is 7.21. The van der Waals surface area contributed by atoms with E-state index in [2.05, 4.69) is 73.6 Å². The lowest BCUT2D eigenvalue weighted by atomic mass is 10.0. The molecule has 0 saturated heterocycles. The van der Waals surface area contributed by atoms with Crippen LogP contribution in [0.3, 0.4) is 0 Å². The zero-order valence-electron chi connectivity index (χ0n) is 15.4. The number of nitrogens with one attached hydrogen (secondary N) is 1. The molecule has 0 spiro atoms. The molecule has 28 heavy (non-hydrogen) atoms. The molecule has 2 aromatic carbocycles. The van der Waals surface area contributed by atoms with Gasteiger partial charge >= 0.3 is 0 Å². The topological polar surface area (TPSA) is 68.5 Å². The quantitative estimate of drug-likeness (QED) is 0.516. The van der Waals surface area contributed by atoms with Crippen molar-refractivity contribution in [1.29, 1.82) is 0 Å². The molecule has 1 N–H and O–H groups in total. The van der Waals surface area contributed by atoms with Gasteiger partial charge in [0, 0.05) is 48.6 Å². The summed E-state index contributed by atoms with van der Waals surface area (Å²) in [5, 5.41) is 12.7. The fraction of sp³-hybridized carbons (Fsp3) is 0.0909. The van der Waals surface area contributed by atoms with Gasteiger partial charge in [-0.05, 0) is 47.3 Å². The first-order chi connectivity index (χ1) is 13.8. The van der Waals surface area contributed by atoms with E-state index >= 15 is 0 Å². The van der Waals surface area contributed by atoms with Crippen LogP contribution in [-0.4, -0.2) is 24.7 Å². The third-order valence-corrected chi connectivity index (χ3v) is 4.87. The number of benzene rings is 2. The maximum Gasteiger partial charge on any atom is 0.0966 e. The molecule has 3 aromatic heterocycles. The SMILES string of the molecule is Cn1ccc2ccc(-c3cc(NCc4cccnn4)cc4nccnc34)cc21. The minimum absolute atomic E-state index is 0.593. The number of rotatable bonds is 4. The van der Waals surface area contributed by atoms with Gasteiger partial charge in [0.1, 0.15) is 0 Å². The second kappa shape index (κ2) is 6.74. The van der Waals surface area contributed by atoms with E-state index in [1.807, 2.05) is 18.2 Å². The molecular weight excluding hydrogens is 348 g/mol. The minimum Gasteiger partial charge on any atom is -0.379 e. The van der Waals surface area contributed by atoms with Crippen molar-refractivity contribution in [2.75, 3.05) is 5.32 Å². The summed E-state index contributed by atoms with van der Waals surface area (Å²) in [4.78, 5) is 9.10. The van der Waals surface area contributed by atoms with Crippen LogP contribution in [0, 0.1) is 0 Å². The molecule has 0 unspecified atom stereocenters. The van der Waals surface area contributed by atoms with Crippen molar-refractivity contribution in [2.24, 2.45) is 7.05 Å². The Morgan fingerprint density at radius 1 is 0.964 bits per heavy atom. The third-order valence-electron chi connectivity index (χ3n) is 4.87. The van der Waals surface area contributed by atoms with E-state index in [9.17, 15) is 0 Å². The Balaban J connectivity index is 1.60. The first-order valence-corrected chi connectivity index (χ1v) is 9.08. The lowest BCUT2D eigenvalue weighted by molar-refractivity contribution is 0.925. The van der Waals surface area contributed by atoms with Crippen LogP contribution < -0.4 is 5.32 Å². The molecule has 5 rings (SSSR count). The van der Waals surface area contributed by atoms with Crippen LogP contribution in [0.4, 0.5) is 5.69 Å². The van der Waals surface area contributed by atoms with Crippen molar-refractivity contribution in [2.45, 2.75) is 6.54 Å². The molecule has 6 heteroatoms. The molecule has 6 nitrogen and oxygen atoms in total. The molecule has 136 valence electrons. The molecule has 0 aliphatic heterocycles. The van der Waals surface area contributed by atoms with Gasteiger partial charge in [0.2, 0.25) is 0 Å². The summed E-state index contributed by atoms with van der Waals surface area (Å²) >= 11 is 0. The number of anilines is 1. The smallest absolute Gasteiger partial charge is 0.0966 e. The molecule has 0 saturated carbocycles. The highest BCUT2D eigenvalue weighted by molar-refractivity contribution is 5.97. The average molecular weight is 366 g/mol. The summed E-state index contributed by atoms with van der Waals surface area (Å²) in [5.74, 6) is 0. The minimum atomic E-state index is 0.593. The van der Waals surface area contributed by atoms with Gasteiger partial charge in [0.25, 0.3) is 0 Å². The van der Waals surface area contributed by atoms with E-state index in [1.165, 1.54) is 10.9 Å². The lowest BCUT2D eigenvalue weighted by Crippen LogP contribution is -2.03. The van der Waals surface area contributed by atoms with Gasteiger partial charge < -0.3 is 9.88 Å². The van der Waals surface area contributed by atoms with Crippen LogP contribution in [0.1, 0.15) is 5.69 Å². The Bertz CT molecular complexity index is 1280. The van der Waals surface area contributed by atoms with Gasteiger partial charge in [0.15, 0.2) is 0 Å². The van der Waals surface area contributed by atoms with Gasteiger partial charge in [-0.1, -0.05) is 12.1 Å². The molecule has 0 fully saturated rings. The third kappa shape index (κ3) is 2.95. The summed E-state index contributed by atoms with van der Waals surface area (Å²) in [5.41, 5.74) is 6.95. The van der Waals surface area contributed by atoms with Crippen molar-refractivity contribution < 1.29 is 0 Å². The zero-order chi connectivity index (χ0) is 18.9. The highest BCUT2D eigenvalue weighted by Gasteiger charge is 2.10. The number of aryl methyl sites for hydroxylation is 1. The van der Waals surface area contributed by atoms with Crippen molar-refractivity contribution in [3.8, 4) is 11.1 Å². The highest BCUT2D eigenvalue weighted by Crippen LogP contribution is 2.32. The number of nitrogens with zero attached hydrogens (tertiary/aromatic N) is 5. The maximum absolute atomic E-state index is 4.59. The predicted molar refractivity (Wildman–Crippen MR) is 111 cm³/mol. The van der Waals surface area contributed by atoms with Gasteiger partial charge in [-0.3, -0.25) is 9.97 Å². The summed E-state index contributed by atoms with van der Waals surface area (Å²) in [7, 11) is 2.06. The lowest BCUT2D eigenvalue weighted by Gasteiger charge is -2.11. The molecule has 0 atom stereocenters. The highest BCUT2D eigenvalue weighted by atomic mass is 15.1.